The third-order valence-corrected chi connectivity index (χ3v) is 7.27. The average Bonchev–Trinajstić information content (AvgIpc) is 3.42. The van der Waals surface area contributed by atoms with Crippen LogP contribution in [0.1, 0.15) is 51.6 Å². The first-order valence-electron chi connectivity index (χ1n) is 12.5. The number of ether oxygens (including phenoxy) is 1. The minimum Gasteiger partial charge on any atom is -0.489 e. The quantitative estimate of drug-likeness (QED) is 0.239. The number of aromatic carboxylic acids is 1. The first-order chi connectivity index (χ1) is 18.5. The second-order valence-electron chi connectivity index (χ2n) is 9.26. The molecule has 38 heavy (non-hydrogen) atoms. The fourth-order valence-corrected chi connectivity index (χ4v) is 5.05. The first kappa shape index (κ1) is 26.0. The van der Waals surface area contributed by atoms with Crippen LogP contribution in [0.15, 0.2) is 79.0 Å². The first-order valence-corrected chi connectivity index (χ1v) is 13.3. The van der Waals surface area contributed by atoms with Gasteiger partial charge in [-0.25, -0.2) is 14.8 Å². The number of nitrogens with zero attached hydrogens (tertiary/aromatic N) is 3. The van der Waals surface area contributed by atoms with Crippen LogP contribution in [-0.4, -0.2) is 27.6 Å². The highest BCUT2D eigenvalue weighted by atomic mass is 35.5. The molecule has 4 aromatic rings. The van der Waals surface area contributed by atoms with Gasteiger partial charge in [-0.05, 0) is 72.7 Å². The predicted molar refractivity (Wildman–Crippen MR) is 149 cm³/mol. The summed E-state index contributed by atoms with van der Waals surface area (Å²) in [5, 5.41) is 11.2. The van der Waals surface area contributed by atoms with Crippen LogP contribution in [0.2, 0.25) is 10.0 Å². The predicted octanol–water partition coefficient (Wildman–Crippen LogP) is 7.19. The smallest absolute Gasteiger partial charge is 0.339 e. The Kier molecular flexibility index (Phi) is 8.11. The minimum absolute atomic E-state index is 0.121. The van der Waals surface area contributed by atoms with Gasteiger partial charge < -0.3 is 14.7 Å². The van der Waals surface area contributed by atoms with Gasteiger partial charge in [-0.15, -0.1) is 0 Å². The molecule has 0 amide bonds. The van der Waals surface area contributed by atoms with Crippen molar-refractivity contribution >= 4 is 35.1 Å². The van der Waals surface area contributed by atoms with Gasteiger partial charge >= 0.3 is 5.97 Å². The van der Waals surface area contributed by atoms with E-state index in [1.807, 2.05) is 72.8 Å². The molecule has 2 heterocycles. The van der Waals surface area contributed by atoms with E-state index in [1.54, 1.807) is 0 Å². The van der Waals surface area contributed by atoms with Crippen LogP contribution >= 0.6 is 23.2 Å². The lowest BCUT2D eigenvalue weighted by molar-refractivity contribution is 0.0694. The van der Waals surface area contributed by atoms with Crippen LogP contribution in [0.4, 0.5) is 5.95 Å². The summed E-state index contributed by atoms with van der Waals surface area (Å²) in [6.45, 7) is 1.22. The molecular weight excluding hydrogens is 521 g/mol. The monoisotopic (exact) mass is 547 g/mol. The lowest BCUT2D eigenvalue weighted by atomic mass is 10.0. The zero-order valence-corrected chi connectivity index (χ0v) is 22.2. The molecule has 0 radical (unpaired) electrons. The molecule has 194 valence electrons. The number of aromatic nitrogens is 2. The molecule has 1 aliphatic heterocycles. The van der Waals surface area contributed by atoms with Gasteiger partial charge in [0.15, 0.2) is 0 Å². The van der Waals surface area contributed by atoms with Crippen LogP contribution < -0.4 is 9.64 Å². The van der Waals surface area contributed by atoms with Gasteiger partial charge in [0.1, 0.15) is 12.4 Å². The van der Waals surface area contributed by atoms with Crippen LogP contribution in [0.3, 0.4) is 0 Å². The summed E-state index contributed by atoms with van der Waals surface area (Å²) < 4.78 is 6.10. The molecule has 1 atom stereocenters. The molecule has 0 aliphatic carbocycles. The highest BCUT2D eigenvalue weighted by Gasteiger charge is 2.29. The van der Waals surface area contributed by atoms with E-state index < -0.39 is 5.97 Å². The van der Waals surface area contributed by atoms with E-state index in [2.05, 4.69) is 9.88 Å². The SMILES string of the molecule is O=C(O)c1cnc(N2CCC[C@H]2c2ccc(Cl)cc2)nc1CCc1ccccc1OCc1ccc(Cl)cc1. The van der Waals surface area contributed by atoms with Crippen LogP contribution in [0.25, 0.3) is 0 Å². The number of rotatable bonds is 9. The van der Waals surface area contributed by atoms with E-state index >= 15 is 0 Å². The maximum atomic E-state index is 12.0. The van der Waals surface area contributed by atoms with Gasteiger partial charge in [-0.3, -0.25) is 0 Å². The number of carboxylic acid groups (broad SMARTS) is 1. The Morgan fingerprint density at radius 1 is 0.974 bits per heavy atom. The van der Waals surface area contributed by atoms with E-state index in [1.165, 1.54) is 6.20 Å². The molecule has 0 saturated carbocycles. The number of halogens is 2. The third kappa shape index (κ3) is 6.09. The molecule has 1 N–H and O–H groups in total. The summed E-state index contributed by atoms with van der Waals surface area (Å²) in [4.78, 5) is 23.4. The van der Waals surface area contributed by atoms with Crippen molar-refractivity contribution in [1.82, 2.24) is 9.97 Å². The van der Waals surface area contributed by atoms with Crippen molar-refractivity contribution in [3.63, 3.8) is 0 Å². The van der Waals surface area contributed by atoms with Crippen LogP contribution in [0, 0.1) is 0 Å². The molecule has 0 spiro atoms. The molecule has 1 fully saturated rings. The van der Waals surface area contributed by atoms with E-state index in [-0.39, 0.29) is 11.6 Å². The fraction of sp³-hybridized carbons (Fsp3) is 0.233. The van der Waals surface area contributed by atoms with Gasteiger partial charge in [0.05, 0.1) is 17.3 Å². The van der Waals surface area contributed by atoms with Crippen molar-refractivity contribution in [3.05, 3.63) is 117 Å². The topological polar surface area (TPSA) is 75.5 Å². The standard InChI is InChI=1S/C30H27Cl2N3O3/c31-23-12-7-20(8-13-23)19-38-28-6-2-1-4-22(28)11-16-26-25(29(36)37)18-33-30(34-26)35-17-3-5-27(35)21-9-14-24(32)15-10-21/h1-2,4,6-10,12-15,18,27H,3,5,11,16-17,19H2,(H,36,37)/t27-/m0/s1. The lowest BCUT2D eigenvalue weighted by Crippen LogP contribution is -2.25. The minimum atomic E-state index is -1.03. The molecule has 0 bridgehead atoms. The molecule has 1 saturated heterocycles. The second-order valence-corrected chi connectivity index (χ2v) is 10.1. The molecular formula is C30H27Cl2N3O3. The Labute approximate surface area is 231 Å². The van der Waals surface area contributed by atoms with E-state index in [0.29, 0.717) is 41.1 Å². The number of hydrogen-bond donors (Lipinski definition) is 1. The van der Waals surface area contributed by atoms with Crippen molar-refractivity contribution in [3.8, 4) is 5.75 Å². The summed E-state index contributed by atoms with van der Waals surface area (Å²) in [5.41, 5.74) is 3.77. The number of anilines is 1. The zero-order chi connectivity index (χ0) is 26.5. The largest absolute Gasteiger partial charge is 0.489 e. The molecule has 0 unspecified atom stereocenters. The molecule has 6 nitrogen and oxygen atoms in total. The number of carbonyl (C=O) groups is 1. The number of para-hydroxylation sites is 1. The van der Waals surface area contributed by atoms with Crippen molar-refractivity contribution < 1.29 is 14.6 Å². The fourth-order valence-electron chi connectivity index (χ4n) is 4.80. The Bertz CT molecular complexity index is 1410. The molecule has 8 heteroatoms. The van der Waals surface area contributed by atoms with Gasteiger partial charge in [-0.2, -0.15) is 0 Å². The number of carboxylic acids is 1. The van der Waals surface area contributed by atoms with E-state index in [9.17, 15) is 9.90 Å². The van der Waals surface area contributed by atoms with Crippen molar-refractivity contribution in [1.29, 1.82) is 0 Å². The van der Waals surface area contributed by atoms with Crippen molar-refractivity contribution in [2.24, 2.45) is 0 Å². The van der Waals surface area contributed by atoms with Crippen LogP contribution in [0.5, 0.6) is 5.75 Å². The number of aryl methyl sites for hydroxylation is 2. The molecule has 1 aromatic heterocycles. The van der Waals surface area contributed by atoms with E-state index in [0.717, 1.165) is 41.8 Å². The lowest BCUT2D eigenvalue weighted by Gasteiger charge is -2.25. The van der Waals surface area contributed by atoms with Gasteiger partial charge in [0.25, 0.3) is 0 Å². The maximum Gasteiger partial charge on any atom is 0.339 e. The summed E-state index contributed by atoms with van der Waals surface area (Å²) >= 11 is 12.1. The Hall–Kier alpha value is -3.61. The zero-order valence-electron chi connectivity index (χ0n) is 20.7. The van der Waals surface area contributed by atoms with Crippen molar-refractivity contribution in [2.75, 3.05) is 11.4 Å². The van der Waals surface area contributed by atoms with Crippen molar-refractivity contribution in [2.45, 2.75) is 38.3 Å². The third-order valence-electron chi connectivity index (χ3n) is 6.76. The van der Waals surface area contributed by atoms with Gasteiger partial charge in [0.2, 0.25) is 5.95 Å². The molecule has 5 rings (SSSR count). The highest BCUT2D eigenvalue weighted by molar-refractivity contribution is 6.30. The normalized spacial score (nSPS) is 15.0. The van der Waals surface area contributed by atoms with Crippen LogP contribution in [-0.2, 0) is 19.4 Å². The van der Waals surface area contributed by atoms with E-state index in [4.69, 9.17) is 32.9 Å². The Morgan fingerprint density at radius 3 is 2.42 bits per heavy atom. The highest BCUT2D eigenvalue weighted by Crippen LogP contribution is 2.35. The summed E-state index contributed by atoms with van der Waals surface area (Å²) in [6.07, 6.45) is 4.43. The maximum absolute atomic E-state index is 12.0. The Morgan fingerprint density at radius 2 is 1.68 bits per heavy atom. The summed E-state index contributed by atoms with van der Waals surface area (Å²) in [7, 11) is 0. The second kappa shape index (κ2) is 11.8. The number of hydrogen-bond acceptors (Lipinski definition) is 5. The average molecular weight is 548 g/mol. The summed E-state index contributed by atoms with van der Waals surface area (Å²) in [6, 6.07) is 23.3. The molecule has 3 aromatic carbocycles. The summed E-state index contributed by atoms with van der Waals surface area (Å²) in [5.74, 6) is 0.278. The Balaban J connectivity index is 1.35. The molecule has 1 aliphatic rings. The van der Waals surface area contributed by atoms with Gasteiger partial charge in [0, 0.05) is 22.8 Å². The number of benzene rings is 3. The van der Waals surface area contributed by atoms with Gasteiger partial charge in [-0.1, -0.05) is 65.7 Å².